The summed E-state index contributed by atoms with van der Waals surface area (Å²) in [5.74, 6) is -0.520. The smallest absolute Gasteiger partial charge is 0.255 e. The van der Waals surface area contributed by atoms with Gasteiger partial charge in [0.25, 0.3) is 5.91 Å². The fourth-order valence-electron chi connectivity index (χ4n) is 2.06. The molecule has 0 aliphatic rings. The number of amides is 1. The van der Waals surface area contributed by atoms with Gasteiger partial charge in [0, 0.05) is 11.3 Å². The van der Waals surface area contributed by atoms with Crippen LogP contribution in [0.15, 0.2) is 42.7 Å². The van der Waals surface area contributed by atoms with E-state index in [4.69, 9.17) is 16.3 Å². The quantitative estimate of drug-likeness (QED) is 0.784. The van der Waals surface area contributed by atoms with Crippen LogP contribution in [0.1, 0.15) is 10.4 Å². The molecule has 1 heterocycles. The van der Waals surface area contributed by atoms with Gasteiger partial charge in [0.1, 0.15) is 23.6 Å². The molecule has 0 aliphatic heterocycles. The number of aromatic nitrogens is 4. The molecule has 0 unspecified atom stereocenters. The van der Waals surface area contributed by atoms with E-state index in [-0.39, 0.29) is 10.9 Å². The highest BCUT2D eigenvalue weighted by atomic mass is 35.5. The Labute approximate surface area is 141 Å². The second-order valence-corrected chi connectivity index (χ2v) is 5.13. The zero-order valence-electron chi connectivity index (χ0n) is 12.4. The number of hydrogen-bond donors (Lipinski definition) is 1. The maximum absolute atomic E-state index is 13.2. The number of hydrogen-bond acceptors (Lipinski definition) is 5. The first-order chi connectivity index (χ1) is 11.6. The first kappa shape index (κ1) is 15.9. The summed E-state index contributed by atoms with van der Waals surface area (Å²) in [6.45, 7) is 0. The predicted molar refractivity (Wildman–Crippen MR) is 85.1 cm³/mol. The highest BCUT2D eigenvalue weighted by Crippen LogP contribution is 2.24. The monoisotopic (exact) mass is 347 g/mol. The van der Waals surface area contributed by atoms with Crippen LogP contribution in [0.5, 0.6) is 5.75 Å². The van der Waals surface area contributed by atoms with Crippen molar-refractivity contribution in [2.45, 2.75) is 0 Å². The second-order valence-electron chi connectivity index (χ2n) is 4.72. The first-order valence-corrected chi connectivity index (χ1v) is 7.14. The van der Waals surface area contributed by atoms with E-state index in [2.05, 4.69) is 20.8 Å². The van der Waals surface area contributed by atoms with Crippen LogP contribution in [0, 0.1) is 5.82 Å². The van der Waals surface area contributed by atoms with Crippen molar-refractivity contribution in [2.75, 3.05) is 12.4 Å². The lowest BCUT2D eigenvalue weighted by Gasteiger charge is -2.10. The van der Waals surface area contributed by atoms with Gasteiger partial charge in [-0.3, -0.25) is 4.79 Å². The molecule has 0 saturated heterocycles. The van der Waals surface area contributed by atoms with Crippen LogP contribution in [-0.4, -0.2) is 33.2 Å². The van der Waals surface area contributed by atoms with Crippen LogP contribution in [-0.2, 0) is 0 Å². The number of benzene rings is 2. The molecule has 1 amide bonds. The van der Waals surface area contributed by atoms with Gasteiger partial charge < -0.3 is 10.1 Å². The Bertz CT molecular complexity index is 886. The largest absolute Gasteiger partial charge is 0.494 e. The summed E-state index contributed by atoms with van der Waals surface area (Å²) in [4.78, 5) is 12.3. The van der Waals surface area contributed by atoms with Crippen LogP contribution in [0.2, 0.25) is 5.02 Å². The summed E-state index contributed by atoms with van der Waals surface area (Å²) < 4.78 is 19.9. The molecular weight excluding hydrogens is 337 g/mol. The fraction of sp³-hybridized carbons (Fsp3) is 0.0667. The van der Waals surface area contributed by atoms with Crippen molar-refractivity contribution in [2.24, 2.45) is 0 Å². The van der Waals surface area contributed by atoms with Crippen molar-refractivity contribution in [3.8, 4) is 11.4 Å². The Morgan fingerprint density at radius 1 is 1.29 bits per heavy atom. The third-order valence-electron chi connectivity index (χ3n) is 3.22. The van der Waals surface area contributed by atoms with Gasteiger partial charge in [0.05, 0.1) is 12.1 Å². The van der Waals surface area contributed by atoms with Crippen LogP contribution in [0.3, 0.4) is 0 Å². The number of ether oxygens (including phenoxy) is 1. The van der Waals surface area contributed by atoms with E-state index in [0.29, 0.717) is 22.7 Å². The lowest BCUT2D eigenvalue weighted by molar-refractivity contribution is 0.102. The van der Waals surface area contributed by atoms with Gasteiger partial charge in [-0.25, -0.2) is 4.39 Å². The molecular formula is C15H11ClFN5O2. The molecule has 2 aromatic carbocycles. The summed E-state index contributed by atoms with van der Waals surface area (Å²) in [6.07, 6.45) is 1.41. The number of nitrogens with one attached hydrogen (secondary N) is 1. The molecule has 3 aromatic rings. The van der Waals surface area contributed by atoms with E-state index in [9.17, 15) is 9.18 Å². The number of nitrogens with zero attached hydrogens (tertiary/aromatic N) is 4. The third kappa shape index (κ3) is 3.18. The van der Waals surface area contributed by atoms with E-state index in [1.165, 1.54) is 36.3 Å². The number of tetrazole rings is 1. The maximum Gasteiger partial charge on any atom is 0.255 e. The van der Waals surface area contributed by atoms with Crippen molar-refractivity contribution < 1.29 is 13.9 Å². The molecule has 24 heavy (non-hydrogen) atoms. The molecule has 0 bridgehead atoms. The number of carbonyl (C=O) groups excluding carboxylic acids is 1. The molecule has 7 nitrogen and oxygen atoms in total. The Morgan fingerprint density at radius 2 is 2.12 bits per heavy atom. The molecule has 0 saturated carbocycles. The van der Waals surface area contributed by atoms with Crippen molar-refractivity contribution in [1.29, 1.82) is 0 Å². The molecule has 0 spiro atoms. The molecule has 122 valence electrons. The number of halogens is 2. The van der Waals surface area contributed by atoms with Crippen LogP contribution < -0.4 is 10.1 Å². The normalized spacial score (nSPS) is 10.5. The van der Waals surface area contributed by atoms with Gasteiger partial charge in [0.2, 0.25) is 0 Å². The number of anilines is 1. The van der Waals surface area contributed by atoms with Crippen LogP contribution >= 0.6 is 11.6 Å². The number of rotatable bonds is 4. The zero-order valence-corrected chi connectivity index (χ0v) is 13.2. The van der Waals surface area contributed by atoms with Gasteiger partial charge in [-0.15, -0.1) is 5.10 Å². The number of methoxy groups -OCH3 is 1. The average molecular weight is 348 g/mol. The third-order valence-corrected chi connectivity index (χ3v) is 3.50. The SMILES string of the molecule is COc1cc(C(=O)Nc2ccc(F)c(Cl)c2)ccc1-n1cnnn1. The fourth-order valence-corrected chi connectivity index (χ4v) is 2.24. The van der Waals surface area contributed by atoms with Crippen molar-refractivity contribution >= 4 is 23.2 Å². The molecule has 0 atom stereocenters. The van der Waals surface area contributed by atoms with Gasteiger partial charge >= 0.3 is 0 Å². The lowest BCUT2D eigenvalue weighted by Crippen LogP contribution is -2.12. The van der Waals surface area contributed by atoms with E-state index in [1.807, 2.05) is 0 Å². The molecule has 9 heteroatoms. The minimum atomic E-state index is -0.554. The predicted octanol–water partition coefficient (Wildman–Crippen LogP) is 2.72. The highest BCUT2D eigenvalue weighted by molar-refractivity contribution is 6.31. The summed E-state index contributed by atoms with van der Waals surface area (Å²) >= 11 is 5.70. The molecule has 1 N–H and O–H groups in total. The summed E-state index contributed by atoms with van der Waals surface area (Å²) in [5, 5.41) is 13.5. The van der Waals surface area contributed by atoms with Crippen molar-refractivity contribution in [1.82, 2.24) is 20.2 Å². The highest BCUT2D eigenvalue weighted by Gasteiger charge is 2.13. The lowest BCUT2D eigenvalue weighted by atomic mass is 10.1. The Balaban J connectivity index is 1.86. The van der Waals surface area contributed by atoms with Crippen LogP contribution in [0.25, 0.3) is 5.69 Å². The van der Waals surface area contributed by atoms with E-state index in [0.717, 1.165) is 0 Å². The van der Waals surface area contributed by atoms with Gasteiger partial charge in [-0.1, -0.05) is 11.6 Å². The first-order valence-electron chi connectivity index (χ1n) is 6.76. The second kappa shape index (κ2) is 6.63. The van der Waals surface area contributed by atoms with Gasteiger partial charge in [-0.05, 0) is 46.8 Å². The Morgan fingerprint density at radius 3 is 2.79 bits per heavy atom. The molecule has 0 radical (unpaired) electrons. The van der Waals surface area contributed by atoms with E-state index in [1.54, 1.807) is 18.2 Å². The summed E-state index contributed by atoms with van der Waals surface area (Å²) in [5.41, 5.74) is 1.32. The van der Waals surface area contributed by atoms with Gasteiger partial charge in [-0.2, -0.15) is 4.68 Å². The number of carbonyl (C=O) groups is 1. The minimum absolute atomic E-state index is 0.0700. The van der Waals surface area contributed by atoms with E-state index >= 15 is 0 Å². The maximum atomic E-state index is 13.2. The minimum Gasteiger partial charge on any atom is -0.494 e. The molecule has 1 aromatic heterocycles. The summed E-state index contributed by atoms with van der Waals surface area (Å²) in [6, 6.07) is 8.74. The van der Waals surface area contributed by atoms with E-state index < -0.39 is 5.82 Å². The summed E-state index contributed by atoms with van der Waals surface area (Å²) in [7, 11) is 1.48. The van der Waals surface area contributed by atoms with Crippen LogP contribution in [0.4, 0.5) is 10.1 Å². The molecule has 0 aliphatic carbocycles. The molecule has 3 rings (SSSR count). The zero-order chi connectivity index (χ0) is 17.1. The standard InChI is InChI=1S/C15H11ClFN5O2/c1-24-14-6-9(2-5-13(14)22-8-18-20-21-22)15(23)19-10-3-4-12(17)11(16)7-10/h2-8H,1H3,(H,19,23). The Hall–Kier alpha value is -3.00. The molecule has 0 fully saturated rings. The van der Waals surface area contributed by atoms with Crippen molar-refractivity contribution in [3.63, 3.8) is 0 Å². The average Bonchev–Trinajstić information content (AvgIpc) is 3.12. The topological polar surface area (TPSA) is 81.9 Å². The van der Waals surface area contributed by atoms with Crippen molar-refractivity contribution in [3.05, 3.63) is 59.1 Å². The Kier molecular flexibility index (Phi) is 4.39. The van der Waals surface area contributed by atoms with Gasteiger partial charge in [0.15, 0.2) is 0 Å².